The number of hydrogen-bond acceptors (Lipinski definition) is 13. The second kappa shape index (κ2) is 18.2. The fourth-order valence-corrected chi connectivity index (χ4v) is 10.7. The molecule has 0 amide bonds. The van der Waals surface area contributed by atoms with Crippen molar-refractivity contribution in [3.8, 4) is 23.8 Å². The van der Waals surface area contributed by atoms with Crippen LogP contribution in [0.2, 0.25) is 0 Å². The number of benzene rings is 3. The Hall–Kier alpha value is -5.33. The Labute approximate surface area is 363 Å². The number of nitrogen functional groups attached to an aromatic ring is 1. The third kappa shape index (κ3) is 8.68. The number of carbonyl (C=O) groups excluding carboxylic acids is 1. The van der Waals surface area contributed by atoms with Gasteiger partial charge in [0.1, 0.15) is 55.0 Å². The van der Waals surface area contributed by atoms with E-state index in [0.29, 0.717) is 11.5 Å². The van der Waals surface area contributed by atoms with Crippen molar-refractivity contribution in [2.75, 3.05) is 39.3 Å². The van der Waals surface area contributed by atoms with Crippen LogP contribution in [0.15, 0.2) is 90.0 Å². The SMILES string of the molecule is C#CCC(C)(C)OC(=O)CP(O[C@@H]1C2OC[C@]1(COC(c1ccccc1)(c1ccc(OC)cc1)c1ccc(OC)cc1)O[C@H]2n1cnc2c(=O)[nH]c(N)nc21)N(C(C)C)C(C)C. The number of aromatic amines is 1. The lowest BCUT2D eigenvalue weighted by molar-refractivity contribution is -0.201. The number of nitrogens with two attached hydrogens (primary N) is 1. The molecule has 2 unspecified atom stereocenters. The molecule has 0 aliphatic carbocycles. The van der Waals surface area contributed by atoms with Gasteiger partial charge in [0.25, 0.3) is 5.56 Å². The predicted molar refractivity (Wildman–Crippen MR) is 236 cm³/mol. The molecule has 2 aromatic heterocycles. The molecule has 0 saturated carbocycles. The average molecular weight is 867 g/mol. The van der Waals surface area contributed by atoms with Gasteiger partial charge < -0.3 is 38.7 Å². The number of rotatable bonds is 18. The van der Waals surface area contributed by atoms with E-state index in [-0.39, 0.29) is 55.0 Å². The van der Waals surface area contributed by atoms with E-state index in [1.165, 1.54) is 6.33 Å². The third-order valence-corrected chi connectivity index (χ3v) is 13.6. The molecule has 328 valence electrons. The lowest BCUT2D eigenvalue weighted by atomic mass is 9.79. The van der Waals surface area contributed by atoms with Gasteiger partial charge in [0.2, 0.25) is 5.95 Å². The Kier molecular flexibility index (Phi) is 13.1. The topological polar surface area (TPSA) is 175 Å². The Morgan fingerprint density at radius 1 is 1.00 bits per heavy atom. The lowest BCUT2D eigenvalue weighted by Gasteiger charge is -2.42. The van der Waals surface area contributed by atoms with Crippen LogP contribution in [-0.2, 0) is 33.9 Å². The summed E-state index contributed by atoms with van der Waals surface area (Å²) in [6.45, 7) is 11.8. The van der Waals surface area contributed by atoms with E-state index in [1.54, 1.807) is 32.6 Å². The second-order valence-electron chi connectivity index (χ2n) is 16.6. The number of terminal acetylenes is 1. The summed E-state index contributed by atoms with van der Waals surface area (Å²) < 4.78 is 49.5. The van der Waals surface area contributed by atoms with Crippen molar-refractivity contribution < 1.29 is 37.7 Å². The molecule has 5 aromatic rings. The van der Waals surface area contributed by atoms with E-state index >= 15 is 0 Å². The van der Waals surface area contributed by atoms with Crippen LogP contribution in [0.5, 0.6) is 11.5 Å². The zero-order valence-electron chi connectivity index (χ0n) is 36.4. The number of nitrogens with zero attached hydrogens (tertiary/aromatic N) is 4. The highest BCUT2D eigenvalue weighted by atomic mass is 31.2. The largest absolute Gasteiger partial charge is 0.497 e. The Morgan fingerprint density at radius 2 is 1.60 bits per heavy atom. The number of hydrogen-bond donors (Lipinski definition) is 2. The average Bonchev–Trinajstić information content (AvgIpc) is 3.91. The van der Waals surface area contributed by atoms with Crippen LogP contribution in [0.25, 0.3) is 11.2 Å². The van der Waals surface area contributed by atoms with Crippen molar-refractivity contribution in [1.82, 2.24) is 24.2 Å². The van der Waals surface area contributed by atoms with Crippen LogP contribution in [0.4, 0.5) is 5.95 Å². The molecule has 62 heavy (non-hydrogen) atoms. The number of aromatic nitrogens is 4. The van der Waals surface area contributed by atoms with Crippen LogP contribution in [0.3, 0.4) is 0 Å². The number of H-pyrrole nitrogens is 1. The molecule has 0 spiro atoms. The maximum absolute atomic E-state index is 13.9. The molecule has 5 atom stereocenters. The van der Waals surface area contributed by atoms with Gasteiger partial charge in [0.05, 0.1) is 33.8 Å². The quantitative estimate of drug-likeness (QED) is 0.0420. The van der Waals surface area contributed by atoms with E-state index in [1.807, 2.05) is 78.9 Å². The highest BCUT2D eigenvalue weighted by Gasteiger charge is 2.65. The molecule has 2 bridgehead atoms. The third-order valence-electron chi connectivity index (χ3n) is 11.1. The minimum absolute atomic E-state index is 0.0242. The molecule has 2 saturated heterocycles. The van der Waals surface area contributed by atoms with Gasteiger partial charge >= 0.3 is 5.97 Å². The van der Waals surface area contributed by atoms with Gasteiger partial charge in [-0.1, -0.05) is 54.6 Å². The van der Waals surface area contributed by atoms with Crippen LogP contribution in [-0.4, -0.2) is 99.2 Å². The number of imidazole rings is 1. The van der Waals surface area contributed by atoms with Crippen LogP contribution in [0, 0.1) is 12.3 Å². The summed E-state index contributed by atoms with van der Waals surface area (Å²) in [5.41, 5.74) is 4.94. The smallest absolute Gasteiger partial charge is 0.314 e. The maximum Gasteiger partial charge on any atom is 0.314 e. The summed E-state index contributed by atoms with van der Waals surface area (Å²) in [4.78, 5) is 38.2. The van der Waals surface area contributed by atoms with Crippen LogP contribution in [0.1, 0.15) is 70.9 Å². The van der Waals surface area contributed by atoms with Gasteiger partial charge in [-0.05, 0) is 82.5 Å². The molecule has 2 aliphatic heterocycles. The van der Waals surface area contributed by atoms with Gasteiger partial charge in [0.15, 0.2) is 17.4 Å². The summed E-state index contributed by atoms with van der Waals surface area (Å²) in [5, 5.41) is 0. The first-order valence-corrected chi connectivity index (χ1v) is 21.9. The number of methoxy groups -OCH3 is 2. The van der Waals surface area contributed by atoms with Crippen molar-refractivity contribution in [2.45, 2.75) is 95.3 Å². The number of esters is 1. The normalized spacial score (nSPS) is 20.5. The van der Waals surface area contributed by atoms with Crippen molar-refractivity contribution in [3.63, 3.8) is 0 Å². The molecule has 4 heterocycles. The Morgan fingerprint density at radius 3 is 2.16 bits per heavy atom. The van der Waals surface area contributed by atoms with Crippen LogP contribution >= 0.6 is 8.30 Å². The van der Waals surface area contributed by atoms with E-state index in [0.717, 1.165) is 16.7 Å². The van der Waals surface area contributed by atoms with Gasteiger partial charge in [0, 0.05) is 18.5 Å². The van der Waals surface area contributed by atoms with E-state index in [9.17, 15) is 9.59 Å². The fourth-order valence-electron chi connectivity index (χ4n) is 8.46. The highest BCUT2D eigenvalue weighted by molar-refractivity contribution is 7.51. The maximum atomic E-state index is 13.9. The van der Waals surface area contributed by atoms with Gasteiger partial charge in [-0.15, -0.1) is 12.3 Å². The van der Waals surface area contributed by atoms with Crippen molar-refractivity contribution in [1.29, 1.82) is 0 Å². The summed E-state index contributed by atoms with van der Waals surface area (Å²) in [7, 11) is 1.53. The van der Waals surface area contributed by atoms with Gasteiger partial charge in [-0.25, -0.2) is 4.98 Å². The van der Waals surface area contributed by atoms with Crippen molar-refractivity contribution in [3.05, 3.63) is 112 Å². The lowest BCUT2D eigenvalue weighted by Crippen LogP contribution is -2.49. The zero-order valence-corrected chi connectivity index (χ0v) is 37.3. The summed E-state index contributed by atoms with van der Waals surface area (Å²) in [5.74, 6) is 3.44. The van der Waals surface area contributed by atoms with Crippen LogP contribution < -0.4 is 20.8 Å². The monoisotopic (exact) mass is 866 g/mol. The molecule has 15 nitrogen and oxygen atoms in total. The summed E-state index contributed by atoms with van der Waals surface area (Å²) in [6.07, 6.45) is 4.81. The molecule has 2 fully saturated rings. The van der Waals surface area contributed by atoms with E-state index in [4.69, 9.17) is 45.1 Å². The molecule has 16 heteroatoms. The second-order valence-corrected chi connectivity index (χ2v) is 18.3. The molecular weight excluding hydrogens is 812 g/mol. The minimum Gasteiger partial charge on any atom is -0.497 e. The van der Waals surface area contributed by atoms with Crippen molar-refractivity contribution >= 4 is 31.4 Å². The number of fused-ring (bicyclic) bond motifs is 3. The van der Waals surface area contributed by atoms with E-state index < -0.39 is 55.1 Å². The number of ether oxygens (including phenoxy) is 6. The molecule has 0 radical (unpaired) electrons. The van der Waals surface area contributed by atoms with E-state index in [2.05, 4.69) is 53.2 Å². The van der Waals surface area contributed by atoms with Gasteiger partial charge in [-0.2, -0.15) is 4.98 Å². The predicted octanol–water partition coefficient (Wildman–Crippen LogP) is 6.56. The zero-order chi connectivity index (χ0) is 44.4. The Balaban J connectivity index is 1.36. The number of nitrogens with one attached hydrogen (secondary N) is 1. The molecule has 7 rings (SSSR count). The van der Waals surface area contributed by atoms with Gasteiger partial charge in [-0.3, -0.25) is 23.8 Å². The number of carbonyl (C=O) groups is 1. The number of anilines is 1. The molecule has 2 aliphatic rings. The van der Waals surface area contributed by atoms with Crippen molar-refractivity contribution in [2.24, 2.45) is 0 Å². The first kappa shape index (κ1) is 44.7. The first-order chi connectivity index (χ1) is 29.6. The summed E-state index contributed by atoms with van der Waals surface area (Å²) in [6, 6.07) is 25.4. The molecular formula is C46H55N6O9P. The summed E-state index contributed by atoms with van der Waals surface area (Å²) >= 11 is 0. The first-order valence-electron chi connectivity index (χ1n) is 20.5. The minimum atomic E-state index is -1.72. The fraction of sp³-hybridized carbons (Fsp3) is 0.435. The molecule has 3 N–H and O–H groups in total. The Bertz CT molecular complexity index is 2380. The highest BCUT2D eigenvalue weighted by Crippen LogP contribution is 2.56. The standard InChI is InChI=1S/C46H55N6O9P/c1-10-24-44(6,7)59-36(53)25-62(52(29(2)3)30(4)5)61-39-38-42(51-28-48-37-40(51)49-43(47)50-41(37)54)60-45(39,26-57-38)27-58-46(31-14-12-11-13-15-31,32-16-20-34(55-8)21-17-32)33-18-22-35(56-9)23-19-33/h1,11-23,28-30,38-39,42H,24-27H2,2-9H3,(H3,47,49,50,54)/t38?,39-,42-,45-,62?/m1/s1. The molecule has 3 aromatic carbocycles.